The Hall–Kier alpha value is -3.28. The van der Waals surface area contributed by atoms with Gasteiger partial charge in [0.15, 0.2) is 6.73 Å². The van der Waals surface area contributed by atoms with Gasteiger partial charge in [0.25, 0.3) is 0 Å². The summed E-state index contributed by atoms with van der Waals surface area (Å²) in [5, 5.41) is 3.66. The van der Waals surface area contributed by atoms with Crippen LogP contribution in [-0.4, -0.2) is 12.6 Å². The van der Waals surface area contributed by atoms with Gasteiger partial charge in [-0.2, -0.15) is 0 Å². The lowest BCUT2D eigenvalue weighted by Crippen LogP contribution is -2.32. The number of ether oxygens (including phenoxy) is 1. The lowest BCUT2D eigenvalue weighted by molar-refractivity contribution is -0.114. The van der Waals surface area contributed by atoms with Gasteiger partial charge in [-0.25, -0.2) is 4.79 Å². The summed E-state index contributed by atoms with van der Waals surface area (Å²) >= 11 is 0. The number of hydrogen-bond acceptors (Lipinski definition) is 5. The Morgan fingerprint density at radius 2 is 1.92 bits per heavy atom. The van der Waals surface area contributed by atoms with E-state index in [-0.39, 0.29) is 11.5 Å². The van der Waals surface area contributed by atoms with Crippen molar-refractivity contribution < 1.29 is 13.9 Å². The molecule has 0 bridgehead atoms. The van der Waals surface area contributed by atoms with E-state index in [0.717, 1.165) is 33.6 Å². The highest BCUT2D eigenvalue weighted by atomic mass is 16.5. The summed E-state index contributed by atoms with van der Waals surface area (Å²) in [6, 6.07) is 12.9. The summed E-state index contributed by atoms with van der Waals surface area (Å²) in [4.78, 5) is 25.0. The fourth-order valence-corrected chi connectivity index (χ4v) is 3.22. The molecule has 1 aliphatic rings. The van der Waals surface area contributed by atoms with Crippen molar-refractivity contribution in [2.45, 2.75) is 20.4 Å². The van der Waals surface area contributed by atoms with Crippen molar-refractivity contribution in [3.63, 3.8) is 0 Å². The van der Waals surface area contributed by atoms with Gasteiger partial charge in [-0.15, -0.1) is 0 Å². The molecule has 0 radical (unpaired) electrons. The number of amides is 1. The largest absolute Gasteiger partial charge is 0.473 e. The summed E-state index contributed by atoms with van der Waals surface area (Å²) in [5.41, 5.74) is 3.66. The topological polar surface area (TPSA) is 71.8 Å². The molecule has 6 nitrogen and oxygen atoms in total. The predicted octanol–water partition coefficient (Wildman–Crippen LogP) is 3.42. The molecule has 6 heteroatoms. The van der Waals surface area contributed by atoms with Crippen LogP contribution in [0.15, 0.2) is 51.7 Å². The van der Waals surface area contributed by atoms with E-state index >= 15 is 0 Å². The summed E-state index contributed by atoms with van der Waals surface area (Å²) in [6.45, 7) is 4.34. The Labute approximate surface area is 150 Å². The van der Waals surface area contributed by atoms with Crippen LogP contribution in [0.3, 0.4) is 0 Å². The summed E-state index contributed by atoms with van der Waals surface area (Å²) in [5.74, 6) is 0.627. The van der Waals surface area contributed by atoms with Crippen LogP contribution >= 0.6 is 0 Å². The van der Waals surface area contributed by atoms with Crippen LogP contribution in [0.25, 0.3) is 11.0 Å². The zero-order chi connectivity index (χ0) is 18.3. The van der Waals surface area contributed by atoms with Crippen molar-refractivity contribution in [3.8, 4) is 5.75 Å². The van der Waals surface area contributed by atoms with Crippen molar-refractivity contribution >= 4 is 28.3 Å². The van der Waals surface area contributed by atoms with Crippen LogP contribution in [0.1, 0.15) is 18.1 Å². The molecule has 0 atom stereocenters. The highest BCUT2D eigenvalue weighted by Gasteiger charge is 2.22. The van der Waals surface area contributed by atoms with E-state index in [2.05, 4.69) is 5.32 Å². The average Bonchev–Trinajstić information content (AvgIpc) is 2.61. The molecule has 0 unspecified atom stereocenters. The zero-order valence-electron chi connectivity index (χ0n) is 14.5. The first-order valence-corrected chi connectivity index (χ1v) is 8.33. The maximum atomic E-state index is 11.8. The molecule has 3 aromatic rings. The van der Waals surface area contributed by atoms with E-state index < -0.39 is 0 Å². The molecule has 0 spiro atoms. The molecule has 1 N–H and O–H groups in total. The maximum Gasteiger partial charge on any atom is 0.336 e. The lowest BCUT2D eigenvalue weighted by Gasteiger charge is -2.31. The second kappa shape index (κ2) is 6.22. The van der Waals surface area contributed by atoms with Gasteiger partial charge >= 0.3 is 5.63 Å². The lowest BCUT2D eigenvalue weighted by atomic mass is 10.0. The number of carbonyl (C=O) groups excluding carboxylic acids is 1. The summed E-state index contributed by atoms with van der Waals surface area (Å²) < 4.78 is 11.3. The minimum absolute atomic E-state index is 0.107. The van der Waals surface area contributed by atoms with Crippen molar-refractivity contribution in [1.82, 2.24) is 0 Å². The van der Waals surface area contributed by atoms with Crippen molar-refractivity contribution in [1.29, 1.82) is 0 Å². The molecule has 4 rings (SSSR count). The first kappa shape index (κ1) is 16.2. The van der Waals surface area contributed by atoms with Gasteiger partial charge in [0.1, 0.15) is 11.3 Å². The van der Waals surface area contributed by atoms with E-state index in [1.807, 2.05) is 48.2 Å². The molecular weight excluding hydrogens is 332 g/mol. The Morgan fingerprint density at radius 3 is 2.65 bits per heavy atom. The van der Waals surface area contributed by atoms with Gasteiger partial charge in [0.05, 0.1) is 12.1 Å². The van der Waals surface area contributed by atoms with Crippen LogP contribution < -0.4 is 20.6 Å². The first-order chi connectivity index (χ1) is 12.5. The van der Waals surface area contributed by atoms with E-state index in [9.17, 15) is 9.59 Å². The number of nitrogens with zero attached hydrogens (tertiary/aromatic N) is 1. The van der Waals surface area contributed by atoms with Gasteiger partial charge in [0.2, 0.25) is 5.91 Å². The number of hydrogen-bond donors (Lipinski definition) is 1. The van der Waals surface area contributed by atoms with Crippen LogP contribution in [0.5, 0.6) is 5.75 Å². The Balaban J connectivity index is 1.70. The fourth-order valence-electron chi connectivity index (χ4n) is 3.22. The van der Waals surface area contributed by atoms with E-state index in [0.29, 0.717) is 18.9 Å². The second-order valence-corrected chi connectivity index (χ2v) is 6.37. The van der Waals surface area contributed by atoms with E-state index in [1.165, 1.54) is 13.0 Å². The first-order valence-electron chi connectivity index (χ1n) is 8.33. The molecule has 1 aromatic heterocycles. The molecular formula is C20H18N2O4. The normalized spacial score (nSPS) is 13.2. The number of fused-ring (bicyclic) bond motifs is 3. The molecule has 1 amide bonds. The van der Waals surface area contributed by atoms with Gasteiger partial charge in [-0.3, -0.25) is 4.79 Å². The molecule has 0 saturated heterocycles. The monoisotopic (exact) mass is 350 g/mol. The highest BCUT2D eigenvalue weighted by Crippen LogP contribution is 2.34. The molecule has 26 heavy (non-hydrogen) atoms. The standard InChI is InChI=1S/C20H18N2O4/c1-12-9-19(24)26-20-16(12)7-8-18-17(20)10-22(11-25-18)15-5-3-14(4-6-15)21-13(2)23/h3-9H,10-11H2,1-2H3,(H,21,23). The van der Waals surface area contributed by atoms with Crippen LogP contribution in [-0.2, 0) is 11.3 Å². The third kappa shape index (κ3) is 2.90. The number of rotatable bonds is 2. The van der Waals surface area contributed by atoms with Crippen LogP contribution in [0, 0.1) is 6.92 Å². The Bertz CT molecular complexity index is 1050. The predicted molar refractivity (Wildman–Crippen MR) is 99.6 cm³/mol. The maximum absolute atomic E-state index is 11.8. The number of aryl methyl sites for hydroxylation is 1. The SMILES string of the molecule is CC(=O)Nc1ccc(N2COc3ccc4c(C)cc(=O)oc4c3C2)cc1. The Kier molecular flexibility index (Phi) is 3.88. The number of nitrogens with one attached hydrogen (secondary N) is 1. The molecule has 0 saturated carbocycles. The zero-order valence-corrected chi connectivity index (χ0v) is 14.5. The fraction of sp³-hybridized carbons (Fsp3) is 0.200. The van der Waals surface area contributed by atoms with Gasteiger partial charge in [-0.1, -0.05) is 0 Å². The number of carbonyl (C=O) groups is 1. The molecule has 2 aromatic carbocycles. The van der Waals surface area contributed by atoms with E-state index in [4.69, 9.17) is 9.15 Å². The summed E-state index contributed by atoms with van der Waals surface area (Å²) in [7, 11) is 0. The number of benzene rings is 2. The molecule has 1 aliphatic heterocycles. The highest BCUT2D eigenvalue weighted by molar-refractivity contribution is 5.89. The van der Waals surface area contributed by atoms with Gasteiger partial charge in [-0.05, 0) is 48.9 Å². The smallest absolute Gasteiger partial charge is 0.336 e. The third-order valence-corrected chi connectivity index (χ3v) is 4.46. The quantitative estimate of drug-likeness (QED) is 0.717. The summed E-state index contributed by atoms with van der Waals surface area (Å²) in [6.07, 6.45) is 0. The van der Waals surface area contributed by atoms with Gasteiger partial charge in [0, 0.05) is 29.8 Å². The van der Waals surface area contributed by atoms with Crippen LogP contribution in [0.4, 0.5) is 11.4 Å². The molecule has 0 aliphatic carbocycles. The molecule has 2 heterocycles. The Morgan fingerprint density at radius 1 is 1.15 bits per heavy atom. The van der Waals surface area contributed by atoms with E-state index in [1.54, 1.807) is 0 Å². The van der Waals surface area contributed by atoms with Crippen LogP contribution in [0.2, 0.25) is 0 Å². The minimum atomic E-state index is -0.361. The third-order valence-electron chi connectivity index (χ3n) is 4.46. The van der Waals surface area contributed by atoms with Crippen molar-refractivity contribution in [3.05, 3.63) is 64.0 Å². The van der Waals surface area contributed by atoms with Crippen molar-refractivity contribution in [2.24, 2.45) is 0 Å². The number of anilines is 2. The average molecular weight is 350 g/mol. The molecule has 132 valence electrons. The second-order valence-electron chi connectivity index (χ2n) is 6.37. The van der Waals surface area contributed by atoms with Gasteiger partial charge < -0.3 is 19.4 Å². The minimum Gasteiger partial charge on any atom is -0.473 e. The van der Waals surface area contributed by atoms with Crippen molar-refractivity contribution in [2.75, 3.05) is 16.9 Å². The molecule has 0 fully saturated rings.